The molecule has 0 radical (unpaired) electrons. The summed E-state index contributed by atoms with van der Waals surface area (Å²) in [6, 6.07) is 2.43. The Morgan fingerprint density at radius 2 is 1.90 bits per heavy atom. The molecular formula is C18H36N2. The second kappa shape index (κ2) is 8.38. The number of nitrogens with zero attached hydrogens (tertiary/aromatic N) is 1. The minimum absolute atomic E-state index is 0.753. The van der Waals surface area contributed by atoms with Crippen LogP contribution >= 0.6 is 0 Å². The Bertz CT molecular complexity index is 262. The van der Waals surface area contributed by atoms with Gasteiger partial charge in [0.15, 0.2) is 0 Å². The van der Waals surface area contributed by atoms with Crippen molar-refractivity contribution in [2.75, 3.05) is 13.1 Å². The van der Waals surface area contributed by atoms with E-state index < -0.39 is 0 Å². The van der Waals surface area contributed by atoms with Crippen molar-refractivity contribution in [1.82, 2.24) is 10.2 Å². The number of hydrogen-bond donors (Lipinski definition) is 1. The van der Waals surface area contributed by atoms with Crippen molar-refractivity contribution >= 4 is 0 Å². The molecule has 2 nitrogen and oxygen atoms in total. The Hall–Kier alpha value is -0.0800. The predicted molar refractivity (Wildman–Crippen MR) is 88.1 cm³/mol. The molecule has 2 aliphatic rings. The minimum Gasteiger partial charge on any atom is -0.312 e. The molecule has 4 atom stereocenters. The molecule has 1 saturated carbocycles. The highest BCUT2D eigenvalue weighted by Gasteiger charge is 2.36. The monoisotopic (exact) mass is 280 g/mol. The van der Waals surface area contributed by atoms with Crippen LogP contribution in [-0.2, 0) is 0 Å². The van der Waals surface area contributed by atoms with Crippen LogP contribution in [0.2, 0.25) is 0 Å². The van der Waals surface area contributed by atoms with Gasteiger partial charge >= 0.3 is 0 Å². The fraction of sp³-hybridized carbons (Fsp3) is 1.00. The molecular weight excluding hydrogens is 244 g/mol. The first kappa shape index (κ1) is 16.3. The van der Waals surface area contributed by atoms with E-state index in [4.69, 9.17) is 0 Å². The van der Waals surface area contributed by atoms with Gasteiger partial charge in [-0.15, -0.1) is 0 Å². The minimum atomic E-state index is 0.753. The second-order valence-electron chi connectivity index (χ2n) is 7.22. The first-order valence-electron chi connectivity index (χ1n) is 9.25. The van der Waals surface area contributed by atoms with E-state index in [9.17, 15) is 0 Å². The number of hydrogen-bond acceptors (Lipinski definition) is 2. The van der Waals surface area contributed by atoms with Crippen LogP contribution in [-0.4, -0.2) is 36.1 Å². The largest absolute Gasteiger partial charge is 0.312 e. The van der Waals surface area contributed by atoms with Gasteiger partial charge in [0.2, 0.25) is 0 Å². The number of piperidine rings is 1. The lowest BCUT2D eigenvalue weighted by Crippen LogP contribution is -2.57. The SMILES string of the molecule is CCCNC1CCC(C)CC1N1CCCCC1CCC. The van der Waals surface area contributed by atoms with Gasteiger partial charge in [-0.05, 0) is 64.0 Å². The van der Waals surface area contributed by atoms with Crippen molar-refractivity contribution in [2.45, 2.75) is 96.7 Å². The Balaban J connectivity index is 2.02. The summed E-state index contributed by atoms with van der Waals surface area (Å²) in [4.78, 5) is 2.91. The molecule has 0 aromatic carbocycles. The predicted octanol–water partition coefficient (Wildman–Crippen LogP) is 4.20. The Morgan fingerprint density at radius 1 is 1.05 bits per heavy atom. The van der Waals surface area contributed by atoms with Gasteiger partial charge in [0.05, 0.1) is 0 Å². The first-order chi connectivity index (χ1) is 9.76. The van der Waals surface area contributed by atoms with Crippen LogP contribution in [0.25, 0.3) is 0 Å². The second-order valence-corrected chi connectivity index (χ2v) is 7.22. The molecule has 0 aromatic rings. The Morgan fingerprint density at radius 3 is 2.65 bits per heavy atom. The molecule has 1 aliphatic heterocycles. The summed E-state index contributed by atoms with van der Waals surface area (Å²) in [5.41, 5.74) is 0. The Kier molecular flexibility index (Phi) is 6.83. The molecule has 0 aromatic heterocycles. The summed E-state index contributed by atoms with van der Waals surface area (Å²) < 4.78 is 0. The third-order valence-corrected chi connectivity index (χ3v) is 5.46. The average Bonchev–Trinajstić information content (AvgIpc) is 2.47. The van der Waals surface area contributed by atoms with E-state index in [0.717, 1.165) is 24.0 Å². The van der Waals surface area contributed by atoms with E-state index in [1.807, 2.05) is 0 Å². The highest BCUT2D eigenvalue weighted by molar-refractivity contribution is 4.94. The average molecular weight is 280 g/mol. The zero-order valence-corrected chi connectivity index (χ0v) is 14.0. The van der Waals surface area contributed by atoms with Gasteiger partial charge in [0, 0.05) is 18.1 Å². The van der Waals surface area contributed by atoms with E-state index in [1.165, 1.54) is 70.9 Å². The van der Waals surface area contributed by atoms with E-state index in [2.05, 4.69) is 31.0 Å². The Labute approximate surface area is 126 Å². The molecule has 118 valence electrons. The molecule has 4 unspecified atom stereocenters. The van der Waals surface area contributed by atoms with Crippen molar-refractivity contribution in [3.8, 4) is 0 Å². The fourth-order valence-corrected chi connectivity index (χ4v) is 4.39. The summed E-state index contributed by atoms with van der Waals surface area (Å²) >= 11 is 0. The molecule has 1 saturated heterocycles. The molecule has 2 rings (SSSR count). The summed E-state index contributed by atoms with van der Waals surface area (Å²) in [7, 11) is 0. The van der Waals surface area contributed by atoms with Crippen LogP contribution in [0.15, 0.2) is 0 Å². The first-order valence-corrected chi connectivity index (χ1v) is 9.25. The molecule has 2 heteroatoms. The molecule has 20 heavy (non-hydrogen) atoms. The van der Waals surface area contributed by atoms with E-state index in [1.54, 1.807) is 0 Å². The van der Waals surface area contributed by atoms with Gasteiger partial charge in [-0.3, -0.25) is 4.90 Å². The number of likely N-dealkylation sites (tertiary alicyclic amines) is 1. The maximum absolute atomic E-state index is 3.86. The number of nitrogens with one attached hydrogen (secondary N) is 1. The summed E-state index contributed by atoms with van der Waals surface area (Å²) in [5, 5.41) is 3.86. The van der Waals surface area contributed by atoms with Crippen molar-refractivity contribution in [2.24, 2.45) is 5.92 Å². The van der Waals surface area contributed by atoms with Gasteiger partial charge in [-0.1, -0.05) is 33.6 Å². The zero-order valence-electron chi connectivity index (χ0n) is 14.0. The molecule has 1 N–H and O–H groups in total. The lowest BCUT2D eigenvalue weighted by molar-refractivity contribution is 0.0357. The standard InChI is InChI=1S/C18H36N2/c1-4-8-16-9-6-7-13-20(16)18-14-15(3)10-11-17(18)19-12-5-2/h15-19H,4-14H2,1-3H3. The quantitative estimate of drug-likeness (QED) is 0.784. The summed E-state index contributed by atoms with van der Waals surface area (Å²) in [6.07, 6.45) is 12.6. The van der Waals surface area contributed by atoms with Crippen molar-refractivity contribution in [3.05, 3.63) is 0 Å². The lowest BCUT2D eigenvalue weighted by Gasteiger charge is -2.48. The van der Waals surface area contributed by atoms with E-state index >= 15 is 0 Å². The van der Waals surface area contributed by atoms with Gasteiger partial charge in [0.25, 0.3) is 0 Å². The molecule has 1 heterocycles. The maximum Gasteiger partial charge on any atom is 0.0254 e. The van der Waals surface area contributed by atoms with Crippen molar-refractivity contribution in [1.29, 1.82) is 0 Å². The van der Waals surface area contributed by atoms with Crippen LogP contribution in [0.3, 0.4) is 0 Å². The molecule has 0 bridgehead atoms. The van der Waals surface area contributed by atoms with Crippen LogP contribution in [0.1, 0.15) is 78.6 Å². The normalized spacial score (nSPS) is 36.1. The van der Waals surface area contributed by atoms with Crippen LogP contribution in [0.4, 0.5) is 0 Å². The summed E-state index contributed by atoms with van der Waals surface area (Å²) in [5.74, 6) is 0.920. The van der Waals surface area contributed by atoms with Gasteiger partial charge in [-0.25, -0.2) is 0 Å². The third kappa shape index (κ3) is 4.21. The highest BCUT2D eigenvalue weighted by atomic mass is 15.2. The zero-order chi connectivity index (χ0) is 14.4. The molecule has 2 fully saturated rings. The fourth-order valence-electron chi connectivity index (χ4n) is 4.39. The van der Waals surface area contributed by atoms with E-state index in [-0.39, 0.29) is 0 Å². The van der Waals surface area contributed by atoms with Crippen molar-refractivity contribution < 1.29 is 0 Å². The lowest BCUT2D eigenvalue weighted by atomic mass is 9.80. The number of rotatable bonds is 6. The highest BCUT2D eigenvalue weighted by Crippen LogP contribution is 2.33. The smallest absolute Gasteiger partial charge is 0.0254 e. The van der Waals surface area contributed by atoms with E-state index in [0.29, 0.717) is 0 Å². The van der Waals surface area contributed by atoms with Gasteiger partial charge < -0.3 is 5.32 Å². The van der Waals surface area contributed by atoms with Gasteiger partial charge in [-0.2, -0.15) is 0 Å². The van der Waals surface area contributed by atoms with Gasteiger partial charge in [0.1, 0.15) is 0 Å². The maximum atomic E-state index is 3.86. The molecule has 1 aliphatic carbocycles. The molecule has 0 spiro atoms. The third-order valence-electron chi connectivity index (χ3n) is 5.46. The van der Waals surface area contributed by atoms with Crippen LogP contribution in [0, 0.1) is 5.92 Å². The van der Waals surface area contributed by atoms with Crippen molar-refractivity contribution in [3.63, 3.8) is 0 Å². The summed E-state index contributed by atoms with van der Waals surface area (Å²) in [6.45, 7) is 9.65. The van der Waals surface area contributed by atoms with Crippen LogP contribution in [0.5, 0.6) is 0 Å². The molecule has 0 amide bonds. The topological polar surface area (TPSA) is 15.3 Å². The van der Waals surface area contributed by atoms with Crippen LogP contribution < -0.4 is 5.32 Å².